The normalized spacial score (nSPS) is 18.6. The fourth-order valence-corrected chi connectivity index (χ4v) is 7.31. The first-order chi connectivity index (χ1) is 16.2. The van der Waals surface area contributed by atoms with Crippen molar-refractivity contribution in [1.29, 1.82) is 0 Å². The third-order valence-electron chi connectivity index (χ3n) is 6.42. The molecule has 0 radical (unpaired) electrons. The van der Waals surface area contributed by atoms with Crippen LogP contribution >= 0.6 is 27.5 Å². The summed E-state index contributed by atoms with van der Waals surface area (Å²) < 4.78 is 29.0. The van der Waals surface area contributed by atoms with Gasteiger partial charge in [-0.1, -0.05) is 36.7 Å². The number of benzene rings is 2. The smallest absolute Gasteiger partial charge is 0.244 e. The van der Waals surface area contributed by atoms with Crippen molar-refractivity contribution < 1.29 is 18.0 Å². The highest BCUT2D eigenvalue weighted by Crippen LogP contribution is 2.37. The molecule has 2 aromatic carbocycles. The van der Waals surface area contributed by atoms with Crippen LogP contribution in [0.25, 0.3) is 0 Å². The number of fused-ring (bicyclic) bond motifs is 1. The second kappa shape index (κ2) is 10.4. The standard InChI is InChI=1S/C24H27BrClN3O4S/c1-2-23(30)29-11-9-16-12-19(25)22(13-21(16)29)34(32,33)28-10-5-7-18(15-28)24(31)27-14-17-6-3-4-8-20(17)26/h3-4,6,8,12-13,18H,2,5,7,9-11,14-15H2,1H3,(H,27,31). The zero-order chi connectivity index (χ0) is 24.5. The van der Waals surface area contributed by atoms with Crippen molar-refractivity contribution in [2.24, 2.45) is 5.92 Å². The van der Waals surface area contributed by atoms with Crippen LogP contribution in [0.2, 0.25) is 5.02 Å². The predicted octanol–water partition coefficient (Wildman–Crippen LogP) is 4.12. The van der Waals surface area contributed by atoms with Crippen LogP contribution in [-0.4, -0.2) is 44.2 Å². The molecule has 0 bridgehead atoms. The molecule has 1 N–H and O–H groups in total. The van der Waals surface area contributed by atoms with Crippen LogP contribution in [0.3, 0.4) is 0 Å². The summed E-state index contributed by atoms with van der Waals surface area (Å²) in [6, 6.07) is 10.7. The van der Waals surface area contributed by atoms with Gasteiger partial charge in [0.25, 0.3) is 0 Å². The van der Waals surface area contributed by atoms with Gasteiger partial charge in [0.1, 0.15) is 0 Å². The summed E-state index contributed by atoms with van der Waals surface area (Å²) in [6.07, 6.45) is 2.25. The second-order valence-corrected chi connectivity index (χ2v) is 11.7. The molecule has 4 rings (SSSR count). The minimum atomic E-state index is -3.86. The lowest BCUT2D eigenvalue weighted by atomic mass is 9.99. The monoisotopic (exact) mass is 567 g/mol. The number of sulfonamides is 1. The molecule has 0 spiro atoms. The predicted molar refractivity (Wildman–Crippen MR) is 135 cm³/mol. The SMILES string of the molecule is CCC(=O)N1CCc2cc(Br)c(S(=O)(=O)N3CCCC(C(=O)NCc4ccccc4Cl)C3)cc21. The molecule has 182 valence electrons. The highest BCUT2D eigenvalue weighted by atomic mass is 79.9. The Bertz CT molecular complexity index is 1220. The molecule has 2 heterocycles. The van der Waals surface area contributed by atoms with Crippen molar-refractivity contribution in [2.45, 2.75) is 44.0 Å². The van der Waals surface area contributed by atoms with Gasteiger partial charge in [-0.15, -0.1) is 0 Å². The number of hydrogen-bond donors (Lipinski definition) is 1. The Morgan fingerprint density at radius 3 is 2.71 bits per heavy atom. The molecule has 0 aliphatic carbocycles. The Morgan fingerprint density at radius 1 is 1.21 bits per heavy atom. The number of anilines is 1. The number of carbonyl (C=O) groups is 2. The van der Waals surface area contributed by atoms with Gasteiger partial charge in [0.15, 0.2) is 0 Å². The van der Waals surface area contributed by atoms with E-state index >= 15 is 0 Å². The van der Waals surface area contributed by atoms with Crippen molar-refractivity contribution >= 4 is 55.1 Å². The zero-order valence-electron chi connectivity index (χ0n) is 18.9. The van der Waals surface area contributed by atoms with Gasteiger partial charge < -0.3 is 10.2 Å². The summed E-state index contributed by atoms with van der Waals surface area (Å²) >= 11 is 9.60. The van der Waals surface area contributed by atoms with Gasteiger partial charge in [-0.25, -0.2) is 8.42 Å². The Morgan fingerprint density at radius 2 is 1.97 bits per heavy atom. The Kier molecular flexibility index (Phi) is 7.66. The van der Waals surface area contributed by atoms with Crippen molar-refractivity contribution in [3.63, 3.8) is 0 Å². The molecule has 1 unspecified atom stereocenters. The van der Waals surface area contributed by atoms with Gasteiger partial charge in [0.2, 0.25) is 21.8 Å². The van der Waals surface area contributed by atoms with Gasteiger partial charge in [-0.2, -0.15) is 4.31 Å². The van der Waals surface area contributed by atoms with E-state index in [4.69, 9.17) is 11.6 Å². The average molecular weight is 569 g/mol. The third kappa shape index (κ3) is 5.03. The topological polar surface area (TPSA) is 86.8 Å². The molecular formula is C24H27BrClN3O4S. The minimum absolute atomic E-state index is 0.0300. The molecule has 7 nitrogen and oxygen atoms in total. The number of carbonyl (C=O) groups excluding carboxylic acids is 2. The number of amides is 2. The molecule has 1 atom stereocenters. The minimum Gasteiger partial charge on any atom is -0.352 e. The van der Waals surface area contributed by atoms with E-state index in [0.29, 0.717) is 60.5 Å². The number of rotatable bonds is 6. The molecule has 34 heavy (non-hydrogen) atoms. The molecule has 0 aromatic heterocycles. The zero-order valence-corrected chi connectivity index (χ0v) is 22.0. The summed E-state index contributed by atoms with van der Waals surface area (Å²) in [5.74, 6) is -0.664. The molecule has 10 heteroatoms. The fourth-order valence-electron chi connectivity index (χ4n) is 4.52. The summed E-state index contributed by atoms with van der Waals surface area (Å²) in [4.78, 5) is 26.9. The first-order valence-electron chi connectivity index (χ1n) is 11.4. The Labute approximate surface area is 213 Å². The number of hydrogen-bond acceptors (Lipinski definition) is 4. The van der Waals surface area contributed by atoms with Gasteiger partial charge in [-0.05, 0) is 64.5 Å². The summed E-state index contributed by atoms with van der Waals surface area (Å²) in [7, 11) is -3.86. The lowest BCUT2D eigenvalue weighted by Crippen LogP contribution is -2.45. The van der Waals surface area contributed by atoms with Crippen LogP contribution in [0.15, 0.2) is 45.8 Å². The van der Waals surface area contributed by atoms with Gasteiger partial charge in [0.05, 0.1) is 10.8 Å². The fraction of sp³-hybridized carbons (Fsp3) is 0.417. The second-order valence-electron chi connectivity index (χ2n) is 8.57. The van der Waals surface area contributed by atoms with Crippen molar-refractivity contribution in [3.05, 3.63) is 57.0 Å². The molecule has 1 saturated heterocycles. The van der Waals surface area contributed by atoms with Crippen LogP contribution in [-0.2, 0) is 32.6 Å². The van der Waals surface area contributed by atoms with E-state index in [-0.39, 0.29) is 23.3 Å². The first-order valence-corrected chi connectivity index (χ1v) is 14.0. The van der Waals surface area contributed by atoms with Gasteiger partial charge in [-0.3, -0.25) is 9.59 Å². The lowest BCUT2D eigenvalue weighted by Gasteiger charge is -2.31. The van der Waals surface area contributed by atoms with Crippen LogP contribution in [0.4, 0.5) is 5.69 Å². The van der Waals surface area contributed by atoms with Crippen molar-refractivity contribution in [3.8, 4) is 0 Å². The van der Waals surface area contributed by atoms with E-state index in [1.54, 1.807) is 30.0 Å². The lowest BCUT2D eigenvalue weighted by molar-refractivity contribution is -0.126. The van der Waals surface area contributed by atoms with Crippen molar-refractivity contribution in [2.75, 3.05) is 24.5 Å². The molecular weight excluding hydrogens is 542 g/mol. The van der Waals surface area contributed by atoms with Crippen LogP contribution in [0.5, 0.6) is 0 Å². The molecule has 2 aliphatic rings. The average Bonchev–Trinajstić information content (AvgIpc) is 3.25. The van der Waals surface area contributed by atoms with Crippen LogP contribution in [0, 0.1) is 5.92 Å². The Balaban J connectivity index is 1.51. The largest absolute Gasteiger partial charge is 0.352 e. The number of nitrogens with one attached hydrogen (secondary N) is 1. The van der Waals surface area contributed by atoms with Gasteiger partial charge >= 0.3 is 0 Å². The number of piperidine rings is 1. The van der Waals surface area contributed by atoms with E-state index in [1.165, 1.54) is 4.31 Å². The van der Waals surface area contributed by atoms with E-state index in [9.17, 15) is 18.0 Å². The maximum atomic E-state index is 13.6. The molecule has 2 aliphatic heterocycles. The highest BCUT2D eigenvalue weighted by Gasteiger charge is 2.36. The van der Waals surface area contributed by atoms with E-state index in [2.05, 4.69) is 21.2 Å². The number of nitrogens with zero attached hydrogens (tertiary/aromatic N) is 2. The molecule has 0 saturated carbocycles. The Hall–Kier alpha value is -1.94. The third-order valence-corrected chi connectivity index (χ3v) is 9.61. The van der Waals surface area contributed by atoms with Crippen LogP contribution in [0.1, 0.15) is 37.3 Å². The van der Waals surface area contributed by atoms with E-state index < -0.39 is 15.9 Å². The van der Waals surface area contributed by atoms with Gasteiger partial charge in [0, 0.05) is 47.8 Å². The molecule has 1 fully saturated rings. The quantitative estimate of drug-likeness (QED) is 0.568. The van der Waals surface area contributed by atoms with E-state index in [1.807, 2.05) is 18.2 Å². The van der Waals surface area contributed by atoms with E-state index in [0.717, 1.165) is 11.1 Å². The molecule has 2 amide bonds. The number of halogens is 2. The maximum absolute atomic E-state index is 13.6. The van der Waals surface area contributed by atoms with Crippen LogP contribution < -0.4 is 10.2 Å². The summed E-state index contributed by atoms with van der Waals surface area (Å²) in [5.41, 5.74) is 2.41. The highest BCUT2D eigenvalue weighted by molar-refractivity contribution is 9.10. The maximum Gasteiger partial charge on any atom is 0.244 e. The summed E-state index contributed by atoms with van der Waals surface area (Å²) in [5, 5.41) is 3.47. The summed E-state index contributed by atoms with van der Waals surface area (Å²) in [6.45, 7) is 3.09. The molecule has 2 aromatic rings. The van der Waals surface area contributed by atoms with Crippen molar-refractivity contribution in [1.82, 2.24) is 9.62 Å². The first kappa shape index (κ1) is 25.2.